The zero-order chi connectivity index (χ0) is 16.6. The molecular formula is C19H28CmN3-. The van der Waals surface area contributed by atoms with Crippen LogP contribution in [0.3, 0.4) is 0 Å². The van der Waals surface area contributed by atoms with E-state index in [0.29, 0.717) is 0 Å². The Kier molecular flexibility index (Phi) is 8.20. The Morgan fingerprint density at radius 3 is 2.04 bits per heavy atom. The summed E-state index contributed by atoms with van der Waals surface area (Å²) in [5.41, 5.74) is 2.26. The second-order valence-corrected chi connectivity index (χ2v) is 6.86. The van der Waals surface area contributed by atoms with Gasteiger partial charge in [0, 0.05) is 25.2 Å². The molecule has 3 nitrogen and oxygen atoms in total. The van der Waals surface area contributed by atoms with E-state index in [1.54, 1.807) is 0 Å². The minimum absolute atomic E-state index is 0. The average Bonchev–Trinajstić information content (AvgIpc) is 2.47. The normalized spacial score (nSPS) is 15.7. The largest absolute Gasteiger partial charge is 0.392 e. The minimum atomic E-state index is 0. The van der Waals surface area contributed by atoms with Crippen molar-refractivity contribution in [1.82, 2.24) is 4.90 Å². The SMILES string of the molecule is CCCCN(CCCC)C1=[C-]C(=C(C#N)C#N)CC(C)(C)C1.[Cm]. The van der Waals surface area contributed by atoms with E-state index >= 15 is 0 Å². The molecule has 0 radical (unpaired) electrons. The van der Waals surface area contributed by atoms with Gasteiger partial charge in [0.15, 0.2) is 0 Å². The van der Waals surface area contributed by atoms with Crippen LogP contribution in [-0.2, 0) is 0 Å². The van der Waals surface area contributed by atoms with Gasteiger partial charge in [0.25, 0.3) is 0 Å². The Morgan fingerprint density at radius 2 is 1.61 bits per heavy atom. The summed E-state index contributed by atoms with van der Waals surface area (Å²) >= 11 is 0. The standard InChI is InChI=1S/C19H28N3.Cm/c1-5-7-9-22(10-8-6-2)18-11-16(17(14-20)15-21)12-19(3,4)13-18;/h5-10,12-13H2,1-4H3;/q-1;. The second kappa shape index (κ2) is 9.31. The topological polar surface area (TPSA) is 50.8 Å². The zero-order valence-corrected chi connectivity index (χ0v) is 17.8. The molecule has 0 amide bonds. The molecule has 0 spiro atoms. The first-order valence-electron chi connectivity index (χ1n) is 8.38. The molecule has 0 aliphatic heterocycles. The van der Waals surface area contributed by atoms with Gasteiger partial charge < -0.3 is 4.90 Å². The number of unbranched alkanes of at least 4 members (excludes halogenated alkanes) is 2. The fourth-order valence-corrected chi connectivity index (χ4v) is 2.84. The van der Waals surface area contributed by atoms with E-state index in [1.807, 2.05) is 12.1 Å². The number of hydrogen-bond donors (Lipinski definition) is 0. The third-order valence-corrected chi connectivity index (χ3v) is 4.07. The van der Waals surface area contributed by atoms with Crippen LogP contribution in [0.25, 0.3) is 0 Å². The molecule has 1 aliphatic carbocycles. The molecular weight excluding hydrogens is 517 g/mol. The van der Waals surface area contributed by atoms with Crippen molar-refractivity contribution in [1.29, 1.82) is 10.5 Å². The summed E-state index contributed by atoms with van der Waals surface area (Å²) in [6.07, 6.45) is 9.79. The van der Waals surface area contributed by atoms with Crippen LogP contribution in [0.5, 0.6) is 0 Å². The second-order valence-electron chi connectivity index (χ2n) is 6.86. The summed E-state index contributed by atoms with van der Waals surface area (Å²) in [6.45, 7) is 10.9. The molecule has 0 aromatic rings. The van der Waals surface area contributed by atoms with Crippen molar-refractivity contribution in [3.63, 3.8) is 0 Å². The Morgan fingerprint density at radius 1 is 1.09 bits per heavy atom. The summed E-state index contributed by atoms with van der Waals surface area (Å²) in [5.74, 6) is 0. The van der Waals surface area contributed by atoms with E-state index in [-0.39, 0.29) is 11.0 Å². The van der Waals surface area contributed by atoms with E-state index in [1.165, 1.54) is 18.5 Å². The van der Waals surface area contributed by atoms with Crippen LogP contribution in [0.1, 0.15) is 66.2 Å². The summed E-state index contributed by atoms with van der Waals surface area (Å²) in [7, 11) is 0. The molecule has 0 fully saturated rings. The Balaban J connectivity index is 0.00000484. The van der Waals surface area contributed by atoms with Crippen LogP contribution in [0.2, 0.25) is 0 Å². The van der Waals surface area contributed by atoms with E-state index in [4.69, 9.17) is 10.5 Å². The smallest absolute Gasteiger partial charge is 0.0158 e. The van der Waals surface area contributed by atoms with Gasteiger partial charge in [-0.3, -0.25) is 0 Å². The van der Waals surface area contributed by atoms with Crippen molar-refractivity contribution in [2.24, 2.45) is 5.41 Å². The van der Waals surface area contributed by atoms with Gasteiger partial charge in [-0.05, 0) is 30.3 Å². The minimum Gasteiger partial charge on any atom is -0.392 e. The van der Waals surface area contributed by atoms with Crippen molar-refractivity contribution in [3.8, 4) is 12.1 Å². The maximum Gasteiger partial charge on any atom is 0.0158 e. The van der Waals surface area contributed by atoms with Gasteiger partial charge in [-0.1, -0.05) is 52.7 Å². The first-order valence-corrected chi connectivity index (χ1v) is 8.38. The summed E-state index contributed by atoms with van der Waals surface area (Å²) in [4.78, 5) is 2.42. The summed E-state index contributed by atoms with van der Waals surface area (Å²) < 4.78 is 0. The molecule has 1 rings (SSSR count). The molecule has 0 aromatic heterocycles. The van der Waals surface area contributed by atoms with Crippen molar-refractivity contribution in [3.05, 3.63) is 22.9 Å². The Labute approximate surface area is 135 Å². The first-order chi connectivity index (χ1) is 10.5. The number of nitrogens with zero attached hydrogens (tertiary/aromatic N) is 3. The molecule has 128 valence electrons. The van der Waals surface area contributed by atoms with Gasteiger partial charge in [-0.25, -0.2) is 16.6 Å². The molecule has 0 N–H and O–H groups in total. The molecule has 0 aromatic carbocycles. The maximum atomic E-state index is 9.16. The van der Waals surface area contributed by atoms with Crippen LogP contribution in [0.15, 0.2) is 16.8 Å². The van der Waals surface area contributed by atoms with Crippen molar-refractivity contribution < 1.29 is 0 Å². The van der Waals surface area contributed by atoms with Crippen molar-refractivity contribution in [2.75, 3.05) is 13.1 Å². The predicted molar refractivity (Wildman–Crippen MR) is 89.4 cm³/mol. The summed E-state index contributed by atoms with van der Waals surface area (Å²) in [6, 6.07) is 4.06. The van der Waals surface area contributed by atoms with E-state index < -0.39 is 0 Å². The van der Waals surface area contributed by atoms with E-state index in [9.17, 15) is 0 Å². The van der Waals surface area contributed by atoms with Crippen LogP contribution in [0, 0.1) is 34.2 Å². The molecule has 0 bridgehead atoms. The molecule has 0 atom stereocenters. The third kappa shape index (κ3) is 5.87. The molecule has 0 unspecified atom stereocenters. The molecule has 23 heavy (non-hydrogen) atoms. The zero-order valence-electron chi connectivity index (χ0n) is 14.9. The predicted octanol–water partition coefficient (Wildman–Crippen LogP) is 4.74. The molecule has 1 aliphatic rings. The van der Waals surface area contributed by atoms with Gasteiger partial charge in [0.2, 0.25) is 0 Å². The number of hydrogen-bond acceptors (Lipinski definition) is 3. The van der Waals surface area contributed by atoms with Crippen LogP contribution < -0.4 is 0 Å². The van der Waals surface area contributed by atoms with Gasteiger partial charge in [0.05, 0.1) is 0 Å². The quantitative estimate of drug-likeness (QED) is 0.343. The van der Waals surface area contributed by atoms with Crippen molar-refractivity contribution >= 4 is 0 Å². The molecule has 0 saturated heterocycles. The number of rotatable bonds is 7. The van der Waals surface area contributed by atoms with Crippen LogP contribution in [-0.4, -0.2) is 18.0 Å². The maximum absolute atomic E-state index is 9.16. The molecule has 0 saturated carbocycles. The fraction of sp³-hybridized carbons (Fsp3) is 0.684. The summed E-state index contributed by atoms with van der Waals surface area (Å²) in [5, 5.41) is 18.3. The van der Waals surface area contributed by atoms with Gasteiger partial charge in [0.1, 0.15) is 0 Å². The van der Waals surface area contributed by atoms with Crippen LogP contribution in [0.4, 0.5) is 0 Å². The third-order valence-electron chi connectivity index (χ3n) is 4.07. The van der Waals surface area contributed by atoms with E-state index in [2.05, 4.69) is 38.7 Å². The van der Waals surface area contributed by atoms with Crippen molar-refractivity contribution in [2.45, 2.75) is 66.2 Å². The number of allylic oxidation sites excluding steroid dienone is 4. The Hall–Kier alpha value is -2.74. The monoisotopic (exact) mass is 541 g/mol. The fourth-order valence-electron chi connectivity index (χ4n) is 2.84. The molecule has 4 heteroatoms. The van der Waals surface area contributed by atoms with Crippen LogP contribution >= 0.6 is 0 Å². The van der Waals surface area contributed by atoms with Gasteiger partial charge in [-0.2, -0.15) is 5.57 Å². The number of nitriles is 2. The average molecular weight is 545 g/mol. The van der Waals surface area contributed by atoms with Gasteiger partial charge in [-0.15, -0.1) is 0 Å². The Bertz CT molecular complexity index is 494. The van der Waals surface area contributed by atoms with Gasteiger partial charge >= 0.3 is 0 Å². The first kappa shape index (κ1) is 20.3. The van der Waals surface area contributed by atoms with E-state index in [0.717, 1.165) is 44.3 Å². The molecule has 0 heterocycles.